The van der Waals surface area contributed by atoms with Gasteiger partial charge in [0, 0.05) is 17.1 Å². The molecule has 32 heavy (non-hydrogen) atoms. The third-order valence-corrected chi connectivity index (χ3v) is 7.62. The SMILES string of the molecule is Nc1ncnc2c1ncn2[C@@H]1O[C@H](COP(=O)(O)OP(=O)(O)OP(=O)(O)O)[C@@H](O)[C@H]1O.[Fe]. The Morgan fingerprint density at radius 3 is 2.31 bits per heavy atom. The number of hydrogen-bond donors (Lipinski definition) is 7. The van der Waals surface area contributed by atoms with Crippen LogP contribution in [0.2, 0.25) is 0 Å². The van der Waals surface area contributed by atoms with Gasteiger partial charge >= 0.3 is 23.5 Å². The van der Waals surface area contributed by atoms with Crippen LogP contribution in [0.15, 0.2) is 12.7 Å². The van der Waals surface area contributed by atoms with Crippen LogP contribution in [0.1, 0.15) is 6.23 Å². The molecule has 0 spiro atoms. The number of ether oxygens (including phenoxy) is 1. The van der Waals surface area contributed by atoms with Gasteiger partial charge in [0.15, 0.2) is 17.7 Å². The number of aliphatic hydroxyl groups is 2. The third kappa shape index (κ3) is 6.39. The maximum atomic E-state index is 11.8. The van der Waals surface area contributed by atoms with Crippen LogP contribution in [-0.4, -0.2) is 74.2 Å². The molecule has 6 atom stereocenters. The number of phosphoric ester groups is 1. The average Bonchev–Trinajstić information content (AvgIpc) is 3.13. The number of nitrogen functional groups attached to an aromatic ring is 1. The first-order valence-corrected chi connectivity index (χ1v) is 12.4. The molecule has 8 N–H and O–H groups in total. The first-order chi connectivity index (χ1) is 14.2. The van der Waals surface area contributed by atoms with Gasteiger partial charge in [-0.15, -0.1) is 0 Å². The smallest absolute Gasteiger partial charge is 0.387 e. The van der Waals surface area contributed by atoms with E-state index < -0.39 is 54.6 Å². The van der Waals surface area contributed by atoms with E-state index in [1.165, 1.54) is 10.9 Å². The van der Waals surface area contributed by atoms with Gasteiger partial charge in [-0.25, -0.2) is 28.6 Å². The van der Waals surface area contributed by atoms with E-state index in [9.17, 15) is 28.8 Å². The zero-order chi connectivity index (χ0) is 23.2. The summed E-state index contributed by atoms with van der Waals surface area (Å²) in [5.74, 6) is 0.0426. The van der Waals surface area contributed by atoms with Gasteiger partial charge in [-0.3, -0.25) is 9.09 Å². The topological polar surface area (TPSA) is 279 Å². The molecule has 2 unspecified atom stereocenters. The molecule has 0 radical (unpaired) electrons. The molecule has 0 aromatic carbocycles. The van der Waals surface area contributed by atoms with Crippen LogP contribution >= 0.6 is 23.5 Å². The number of aromatic nitrogens is 4. The standard InChI is InChI=1S/C10H16N5O13P3.Fe/c11-8-5-9(13-2-12-8)15(3-14-5)10-7(17)6(16)4(26-10)1-25-30(21,22)28-31(23,24)27-29(18,19)20;/h2-4,6-7,10,16-17H,1H2,(H,21,22)(H,23,24)(H2,11,12,13)(H2,18,19,20);/t4-,6-,7-,10-;/m1./s1. The maximum Gasteiger partial charge on any atom is 0.490 e. The number of hydrogen-bond acceptors (Lipinski definition) is 13. The van der Waals surface area contributed by atoms with Crippen molar-refractivity contribution in [1.29, 1.82) is 0 Å². The van der Waals surface area contributed by atoms with Crippen molar-refractivity contribution in [1.82, 2.24) is 19.5 Å². The zero-order valence-electron chi connectivity index (χ0n) is 15.3. The monoisotopic (exact) mass is 563 g/mol. The van der Waals surface area contributed by atoms with Crippen LogP contribution in [0.4, 0.5) is 5.82 Å². The number of rotatable bonds is 8. The van der Waals surface area contributed by atoms with Crippen molar-refractivity contribution in [2.45, 2.75) is 24.5 Å². The molecule has 182 valence electrons. The van der Waals surface area contributed by atoms with Crippen LogP contribution < -0.4 is 5.73 Å². The fourth-order valence-corrected chi connectivity index (χ4v) is 5.65. The summed E-state index contributed by atoms with van der Waals surface area (Å²) in [5, 5.41) is 20.4. The van der Waals surface area contributed by atoms with Crippen LogP contribution in [0.25, 0.3) is 11.2 Å². The fourth-order valence-electron chi connectivity index (χ4n) is 2.62. The molecule has 22 heteroatoms. The Balaban J connectivity index is 0.00000363. The molecule has 3 rings (SSSR count). The van der Waals surface area contributed by atoms with Crippen LogP contribution in [-0.2, 0) is 48.6 Å². The quantitative estimate of drug-likeness (QED) is 0.140. The molecule has 18 nitrogen and oxygen atoms in total. The summed E-state index contributed by atoms with van der Waals surface area (Å²) in [4.78, 5) is 47.2. The van der Waals surface area contributed by atoms with Gasteiger partial charge in [0.25, 0.3) is 0 Å². The summed E-state index contributed by atoms with van der Waals surface area (Å²) in [7, 11) is -16.7. The van der Waals surface area contributed by atoms with E-state index in [4.69, 9.17) is 25.2 Å². The van der Waals surface area contributed by atoms with E-state index >= 15 is 0 Å². The number of anilines is 1. The van der Waals surface area contributed by atoms with Crippen molar-refractivity contribution in [3.8, 4) is 0 Å². The van der Waals surface area contributed by atoms with Gasteiger partial charge in [0.05, 0.1) is 12.9 Å². The predicted molar refractivity (Wildman–Crippen MR) is 95.5 cm³/mol. The number of imidazole rings is 1. The fraction of sp³-hybridized carbons (Fsp3) is 0.500. The number of aliphatic hydroxyl groups excluding tert-OH is 2. The number of nitrogens with two attached hydrogens (primary N) is 1. The van der Waals surface area contributed by atoms with Crippen molar-refractivity contribution in [3.05, 3.63) is 12.7 Å². The summed E-state index contributed by atoms with van der Waals surface area (Å²) in [6.07, 6.45) is -3.69. The molecule has 1 aliphatic rings. The molecule has 2 aromatic heterocycles. The Morgan fingerprint density at radius 1 is 1.03 bits per heavy atom. The molecular weight excluding hydrogens is 547 g/mol. The van der Waals surface area contributed by atoms with Crippen molar-refractivity contribution in [3.63, 3.8) is 0 Å². The maximum absolute atomic E-state index is 11.8. The molecule has 1 fully saturated rings. The molecular formula is C10H16FeN5O13P3. The summed E-state index contributed by atoms with van der Waals surface area (Å²) < 4.78 is 51.9. The van der Waals surface area contributed by atoms with Crippen molar-refractivity contribution < 1.29 is 78.4 Å². The molecule has 0 aliphatic carbocycles. The number of fused-ring (bicyclic) bond motifs is 1. The Morgan fingerprint density at radius 2 is 1.69 bits per heavy atom. The van der Waals surface area contributed by atoms with Crippen molar-refractivity contribution in [2.75, 3.05) is 12.3 Å². The van der Waals surface area contributed by atoms with E-state index in [0.29, 0.717) is 0 Å². The minimum absolute atomic E-state index is 0. The molecule has 0 amide bonds. The van der Waals surface area contributed by atoms with E-state index in [0.717, 1.165) is 6.33 Å². The van der Waals surface area contributed by atoms with E-state index in [-0.39, 0.29) is 34.1 Å². The van der Waals surface area contributed by atoms with Gasteiger partial charge < -0.3 is 40.3 Å². The molecule has 2 aromatic rings. The van der Waals surface area contributed by atoms with Crippen LogP contribution in [0.5, 0.6) is 0 Å². The van der Waals surface area contributed by atoms with E-state index in [2.05, 4.69) is 28.1 Å². The first-order valence-electron chi connectivity index (χ1n) is 7.92. The summed E-state index contributed by atoms with van der Waals surface area (Å²) >= 11 is 0. The Bertz CT molecular complexity index is 1110. The minimum atomic E-state index is -5.70. The molecule has 1 aliphatic heterocycles. The molecule has 3 heterocycles. The number of nitrogens with zero attached hydrogens (tertiary/aromatic N) is 4. The van der Waals surface area contributed by atoms with Gasteiger partial charge in [-0.05, 0) is 0 Å². The third-order valence-electron chi connectivity index (χ3n) is 3.82. The summed E-state index contributed by atoms with van der Waals surface area (Å²) in [6.45, 7) is -0.956. The van der Waals surface area contributed by atoms with E-state index in [1.807, 2.05) is 0 Å². The number of phosphoric acid groups is 3. The largest absolute Gasteiger partial charge is 0.490 e. The van der Waals surface area contributed by atoms with Crippen molar-refractivity contribution in [2.24, 2.45) is 0 Å². The second-order valence-electron chi connectivity index (χ2n) is 6.02. The second kappa shape index (κ2) is 9.80. The summed E-state index contributed by atoms with van der Waals surface area (Å²) in [5.41, 5.74) is 6.00. The molecule has 1 saturated heterocycles. The normalized spacial score (nSPS) is 27.6. The van der Waals surface area contributed by atoms with Gasteiger partial charge in [-0.1, -0.05) is 0 Å². The van der Waals surface area contributed by atoms with Crippen molar-refractivity contribution >= 4 is 40.4 Å². The van der Waals surface area contributed by atoms with Gasteiger partial charge in [0.2, 0.25) is 0 Å². The van der Waals surface area contributed by atoms with E-state index in [1.54, 1.807) is 0 Å². The van der Waals surface area contributed by atoms with Gasteiger partial charge in [0.1, 0.15) is 30.2 Å². The van der Waals surface area contributed by atoms with Crippen LogP contribution in [0, 0.1) is 0 Å². The zero-order valence-corrected chi connectivity index (χ0v) is 19.1. The van der Waals surface area contributed by atoms with Gasteiger partial charge in [-0.2, -0.15) is 8.62 Å². The first kappa shape index (κ1) is 27.4. The van der Waals surface area contributed by atoms with Crippen LogP contribution in [0.3, 0.4) is 0 Å². The second-order valence-corrected chi connectivity index (χ2v) is 10.4. The Labute approximate surface area is 188 Å². The summed E-state index contributed by atoms with van der Waals surface area (Å²) in [6, 6.07) is 0. The Hall–Kier alpha value is -0.841. The molecule has 0 saturated carbocycles. The molecule has 0 bridgehead atoms. The minimum Gasteiger partial charge on any atom is -0.387 e. The Kier molecular flexibility index (Phi) is 8.39. The average molecular weight is 563 g/mol. The predicted octanol–water partition coefficient (Wildman–Crippen LogP) is -1.63.